The number of carbonyl (C=O) groups is 2. The summed E-state index contributed by atoms with van der Waals surface area (Å²) in [5.74, 6) is -0.311. The average Bonchev–Trinajstić information content (AvgIpc) is 2.52. The van der Waals surface area contributed by atoms with Crippen molar-refractivity contribution in [2.75, 3.05) is 30.8 Å². The second-order valence-electron chi connectivity index (χ2n) is 6.66. The molecule has 2 rings (SSSR count). The second-order valence-corrected chi connectivity index (χ2v) is 7.07. The minimum absolute atomic E-state index is 0.122. The zero-order chi connectivity index (χ0) is 19.3. The summed E-state index contributed by atoms with van der Waals surface area (Å²) >= 11 is 6.03. The van der Waals surface area contributed by atoms with E-state index in [0.717, 1.165) is 27.3 Å². The van der Waals surface area contributed by atoms with Crippen LogP contribution in [0.25, 0.3) is 0 Å². The molecule has 0 aliphatic carbocycles. The highest BCUT2D eigenvalue weighted by Gasteiger charge is 2.16. The van der Waals surface area contributed by atoms with Crippen molar-refractivity contribution in [3.8, 4) is 0 Å². The van der Waals surface area contributed by atoms with Gasteiger partial charge in [0, 0.05) is 5.69 Å². The van der Waals surface area contributed by atoms with Gasteiger partial charge in [-0.25, -0.2) is 0 Å². The third kappa shape index (κ3) is 5.58. The van der Waals surface area contributed by atoms with E-state index in [1.54, 1.807) is 31.3 Å². The molecule has 0 bridgehead atoms. The monoisotopic (exact) mass is 374 g/mol. The van der Waals surface area contributed by atoms with Gasteiger partial charge in [-0.2, -0.15) is 0 Å². The molecule has 26 heavy (non-hydrogen) atoms. The summed E-state index contributed by atoms with van der Waals surface area (Å²) in [5.41, 5.74) is 4.64. The number of likely N-dealkylation sites (N-methyl/N-ethyl adjacent to an activating group) is 1. The number of nitrogens with one attached hydrogen (secondary N) is 3. The number of halogens is 1. The van der Waals surface area contributed by atoms with Crippen molar-refractivity contribution in [2.24, 2.45) is 0 Å². The van der Waals surface area contributed by atoms with E-state index in [1.165, 1.54) is 0 Å². The summed E-state index contributed by atoms with van der Waals surface area (Å²) < 4.78 is 0. The number of hydrogen-bond donors (Lipinski definition) is 3. The molecule has 0 aromatic heterocycles. The van der Waals surface area contributed by atoms with E-state index in [4.69, 9.17) is 11.6 Å². The molecule has 5 nitrogen and oxygen atoms in total. The molecule has 3 N–H and O–H groups in total. The van der Waals surface area contributed by atoms with Crippen LogP contribution in [0, 0.1) is 20.8 Å². The molecule has 0 heterocycles. The number of para-hydroxylation sites is 1. The number of aryl methyl sites for hydroxylation is 3. The first-order chi connectivity index (χ1) is 12.3. The molecule has 0 spiro atoms. The lowest BCUT2D eigenvalue weighted by molar-refractivity contribution is -0.862. The van der Waals surface area contributed by atoms with E-state index in [0.29, 0.717) is 10.7 Å². The molecule has 6 heteroatoms. The van der Waals surface area contributed by atoms with E-state index in [9.17, 15) is 9.59 Å². The van der Waals surface area contributed by atoms with Crippen LogP contribution in [0.15, 0.2) is 36.4 Å². The molecular weight excluding hydrogens is 350 g/mol. The topological polar surface area (TPSA) is 62.6 Å². The summed E-state index contributed by atoms with van der Waals surface area (Å²) in [6, 6.07) is 11.1. The van der Waals surface area contributed by atoms with Gasteiger partial charge in [-0.3, -0.25) is 9.59 Å². The predicted octanol–water partition coefficient (Wildman–Crippen LogP) is 2.36. The second kappa shape index (κ2) is 8.83. The maximum absolute atomic E-state index is 12.3. The number of rotatable bonds is 6. The Morgan fingerprint density at radius 1 is 0.962 bits per heavy atom. The lowest BCUT2D eigenvalue weighted by Gasteiger charge is -2.16. The zero-order valence-corrected chi connectivity index (χ0v) is 16.3. The van der Waals surface area contributed by atoms with Crippen molar-refractivity contribution < 1.29 is 14.5 Å². The number of carbonyl (C=O) groups excluding carboxylic acids is 2. The van der Waals surface area contributed by atoms with Crippen LogP contribution in [0.4, 0.5) is 11.4 Å². The minimum atomic E-state index is -0.189. The van der Waals surface area contributed by atoms with Gasteiger partial charge >= 0.3 is 0 Å². The Morgan fingerprint density at radius 3 is 2.08 bits per heavy atom. The number of anilines is 2. The third-order valence-electron chi connectivity index (χ3n) is 4.01. The van der Waals surface area contributed by atoms with Crippen LogP contribution in [0.3, 0.4) is 0 Å². The fourth-order valence-electron chi connectivity index (χ4n) is 2.93. The van der Waals surface area contributed by atoms with Crippen molar-refractivity contribution in [1.82, 2.24) is 0 Å². The molecule has 0 aliphatic heterocycles. The van der Waals surface area contributed by atoms with Gasteiger partial charge in [0.2, 0.25) is 0 Å². The predicted molar refractivity (Wildman–Crippen MR) is 106 cm³/mol. The maximum Gasteiger partial charge on any atom is 0.279 e. The molecule has 1 atom stereocenters. The maximum atomic E-state index is 12.3. The van der Waals surface area contributed by atoms with E-state index in [-0.39, 0.29) is 24.9 Å². The van der Waals surface area contributed by atoms with Crippen LogP contribution < -0.4 is 15.5 Å². The van der Waals surface area contributed by atoms with Crippen molar-refractivity contribution in [3.05, 3.63) is 58.1 Å². The van der Waals surface area contributed by atoms with Crippen LogP contribution in [0.5, 0.6) is 0 Å². The summed E-state index contributed by atoms with van der Waals surface area (Å²) in [6.45, 7) is 6.35. The Labute approximate surface area is 159 Å². The minimum Gasteiger partial charge on any atom is -0.322 e. The Hall–Kier alpha value is -2.37. The molecule has 138 valence electrons. The molecule has 2 aromatic rings. The zero-order valence-electron chi connectivity index (χ0n) is 15.6. The molecule has 0 saturated heterocycles. The van der Waals surface area contributed by atoms with E-state index >= 15 is 0 Å². The van der Waals surface area contributed by atoms with Crippen LogP contribution in [0.2, 0.25) is 5.02 Å². The SMILES string of the molecule is Cc1cc(C)c(NC(=O)C[NH+](C)CC(=O)Nc2ccccc2Cl)c(C)c1. The van der Waals surface area contributed by atoms with E-state index in [1.807, 2.05) is 32.9 Å². The fourth-order valence-corrected chi connectivity index (χ4v) is 3.11. The largest absolute Gasteiger partial charge is 0.322 e. The van der Waals surface area contributed by atoms with Gasteiger partial charge in [-0.15, -0.1) is 0 Å². The highest BCUT2D eigenvalue weighted by molar-refractivity contribution is 6.33. The summed E-state index contributed by atoms with van der Waals surface area (Å²) in [4.78, 5) is 25.2. The Morgan fingerprint density at radius 2 is 1.50 bits per heavy atom. The molecule has 0 fully saturated rings. The van der Waals surface area contributed by atoms with Gasteiger partial charge in [0.15, 0.2) is 13.1 Å². The smallest absolute Gasteiger partial charge is 0.279 e. The fraction of sp³-hybridized carbons (Fsp3) is 0.300. The van der Waals surface area contributed by atoms with Gasteiger partial charge in [0.05, 0.1) is 17.8 Å². The van der Waals surface area contributed by atoms with Gasteiger partial charge in [0.1, 0.15) is 0 Å². The molecular formula is C20H25ClN3O2+. The first kappa shape index (κ1) is 19.9. The molecule has 0 radical (unpaired) electrons. The van der Waals surface area contributed by atoms with Crippen LogP contribution in [-0.4, -0.2) is 32.0 Å². The standard InChI is InChI=1S/C20H24ClN3O2/c1-13-9-14(2)20(15(3)10-13)23-19(26)12-24(4)11-18(25)22-17-8-6-5-7-16(17)21/h5-10H,11-12H2,1-4H3,(H,22,25)(H,23,26)/p+1. The number of quaternary nitrogens is 1. The quantitative estimate of drug-likeness (QED) is 0.726. The van der Waals surface area contributed by atoms with Gasteiger partial charge in [-0.1, -0.05) is 41.4 Å². The van der Waals surface area contributed by atoms with Crippen LogP contribution in [0.1, 0.15) is 16.7 Å². The summed E-state index contributed by atoms with van der Waals surface area (Å²) in [5, 5.41) is 6.21. The Bertz CT molecular complexity index is 797. The van der Waals surface area contributed by atoms with Crippen molar-refractivity contribution in [2.45, 2.75) is 20.8 Å². The van der Waals surface area contributed by atoms with Gasteiger partial charge in [-0.05, 0) is 44.0 Å². The van der Waals surface area contributed by atoms with Crippen molar-refractivity contribution >= 4 is 34.8 Å². The lowest BCUT2D eigenvalue weighted by Crippen LogP contribution is -3.11. The number of amides is 2. The Balaban J connectivity index is 1.89. The normalized spacial score (nSPS) is 11.7. The molecule has 0 saturated carbocycles. The van der Waals surface area contributed by atoms with Crippen molar-refractivity contribution in [1.29, 1.82) is 0 Å². The first-order valence-electron chi connectivity index (χ1n) is 8.49. The molecule has 0 aliphatic rings. The molecule has 1 unspecified atom stereocenters. The van der Waals surface area contributed by atoms with Gasteiger partial charge in [0.25, 0.3) is 11.8 Å². The number of hydrogen-bond acceptors (Lipinski definition) is 2. The summed E-state index contributed by atoms with van der Waals surface area (Å²) in [6.07, 6.45) is 0. The highest BCUT2D eigenvalue weighted by atomic mass is 35.5. The third-order valence-corrected chi connectivity index (χ3v) is 4.34. The van der Waals surface area contributed by atoms with Crippen LogP contribution in [-0.2, 0) is 9.59 Å². The van der Waals surface area contributed by atoms with E-state index < -0.39 is 0 Å². The van der Waals surface area contributed by atoms with E-state index in [2.05, 4.69) is 10.6 Å². The number of benzene rings is 2. The molecule has 2 aromatic carbocycles. The van der Waals surface area contributed by atoms with Crippen molar-refractivity contribution in [3.63, 3.8) is 0 Å². The van der Waals surface area contributed by atoms with Crippen LogP contribution >= 0.6 is 11.6 Å². The van der Waals surface area contributed by atoms with Gasteiger partial charge < -0.3 is 15.5 Å². The molecule has 2 amide bonds. The Kier molecular flexibility index (Phi) is 6.77. The highest BCUT2D eigenvalue weighted by Crippen LogP contribution is 2.21. The lowest BCUT2D eigenvalue weighted by atomic mass is 10.1. The average molecular weight is 375 g/mol. The summed E-state index contributed by atoms with van der Waals surface area (Å²) in [7, 11) is 1.81. The first-order valence-corrected chi connectivity index (χ1v) is 8.87.